The van der Waals surface area contributed by atoms with E-state index in [9.17, 15) is 74.2 Å². The van der Waals surface area contributed by atoms with Gasteiger partial charge in [0.15, 0.2) is 18.2 Å². The molecule has 0 bridgehead atoms. The van der Waals surface area contributed by atoms with Gasteiger partial charge < -0.3 is 37.0 Å². The second-order valence-electron chi connectivity index (χ2n) is 17.4. The predicted octanol–water partition coefficient (Wildman–Crippen LogP) is 4.79. The fourth-order valence-electron chi connectivity index (χ4n) is 8.07. The Balaban J connectivity index is 1.61. The summed E-state index contributed by atoms with van der Waals surface area (Å²) in [4.78, 5) is 11.4. The number of rotatable bonds is 20. The fourth-order valence-corrected chi connectivity index (χ4v) is 10.2. The number of nitrogens with zero attached hydrogens (tertiary/aromatic N) is 2. The lowest BCUT2D eigenvalue weighted by atomic mass is 9.77. The molecular weight excluding hydrogens is 1020 g/mol. The summed E-state index contributed by atoms with van der Waals surface area (Å²) in [6.45, 7) is 8.10. The Morgan fingerprint density at radius 2 is 1.44 bits per heavy atom. The van der Waals surface area contributed by atoms with Crippen LogP contribution in [0.15, 0.2) is 74.5 Å². The number of esters is 1. The summed E-state index contributed by atoms with van der Waals surface area (Å²) in [6.07, 6.45) is 3.17. The van der Waals surface area contributed by atoms with Crippen LogP contribution in [0.5, 0.6) is 5.75 Å². The maximum absolute atomic E-state index is 14.7. The van der Waals surface area contributed by atoms with Crippen molar-refractivity contribution in [1.82, 2.24) is 4.58 Å². The van der Waals surface area contributed by atoms with Gasteiger partial charge in [-0.1, -0.05) is 26.8 Å². The van der Waals surface area contributed by atoms with Crippen molar-refractivity contribution in [3.8, 4) is 17.1 Å². The van der Waals surface area contributed by atoms with E-state index >= 15 is 0 Å². The average molecular weight is 1060 g/mol. The molecule has 1 atom stereocenters. The van der Waals surface area contributed by atoms with Crippen LogP contribution in [-0.4, -0.2) is 103 Å². The Kier molecular flexibility index (Phi) is 17.0. The van der Waals surface area contributed by atoms with E-state index in [0.29, 0.717) is 29.1 Å². The van der Waals surface area contributed by atoms with E-state index in [-0.39, 0.29) is 56.6 Å². The van der Waals surface area contributed by atoms with Crippen molar-refractivity contribution in [2.45, 2.75) is 80.4 Å². The molecule has 2 aromatic rings. The van der Waals surface area contributed by atoms with Gasteiger partial charge in [-0.3, -0.25) is 4.79 Å². The third-order valence-corrected chi connectivity index (χ3v) is 14.6. The second-order valence-corrected chi connectivity index (χ2v) is 23.2. The Labute approximate surface area is 402 Å². The van der Waals surface area contributed by atoms with Gasteiger partial charge in [-0.25, -0.2) is 47.0 Å². The molecule has 0 fully saturated rings. The van der Waals surface area contributed by atoms with Crippen LogP contribution in [0.25, 0.3) is 17.4 Å². The first-order valence-electron chi connectivity index (χ1n) is 21.1. The summed E-state index contributed by atoms with van der Waals surface area (Å²) in [6, 6.07) is 10.5. The van der Waals surface area contributed by atoms with Gasteiger partial charge in [0.25, 0.3) is 0 Å². The molecule has 384 valence electrons. The number of methoxy groups -OCH3 is 1. The van der Waals surface area contributed by atoms with Gasteiger partial charge in [0.05, 0.1) is 31.2 Å². The summed E-state index contributed by atoms with van der Waals surface area (Å²) < 4.78 is 216. The molecule has 26 heteroatoms. The molecule has 0 aromatic heterocycles. The molecule has 0 spiro atoms. The maximum atomic E-state index is 14.7. The molecule has 70 heavy (non-hydrogen) atoms. The third-order valence-electron chi connectivity index (χ3n) is 11.3. The molecule has 0 saturated heterocycles. The molecule has 0 saturated carbocycles. The number of fused-ring (bicyclic) bond motifs is 2. The number of anilines is 1. The van der Waals surface area contributed by atoms with Crippen molar-refractivity contribution < 1.29 is 88.1 Å². The first-order valence-corrected chi connectivity index (χ1v) is 27.1. The molecule has 2 aliphatic heterocycles. The maximum Gasteiger partial charge on any atom is 0.311 e. The summed E-state index contributed by atoms with van der Waals surface area (Å²) in [5, 5.41) is 0.625. The zero-order chi connectivity index (χ0) is 52.4. The van der Waals surface area contributed by atoms with E-state index in [0.717, 1.165) is 23.3 Å². The van der Waals surface area contributed by atoms with Crippen LogP contribution in [0.2, 0.25) is 0 Å². The Hall–Kier alpha value is -5.06. The molecular formula is C44H47F4N2O16S4-3. The van der Waals surface area contributed by atoms with E-state index in [4.69, 9.17) is 9.15 Å². The molecule has 0 radical (unpaired) electrons. The van der Waals surface area contributed by atoms with Crippen LogP contribution in [0, 0.1) is 23.3 Å². The number of hydrogen-bond acceptors (Lipinski definition) is 17. The highest BCUT2D eigenvalue weighted by Crippen LogP contribution is 2.51. The molecule has 0 N–H and O–H groups in total. The number of carbonyl (C=O) groups is 1. The Bertz CT molecular complexity index is 3210. The lowest BCUT2D eigenvalue weighted by Gasteiger charge is -2.30. The van der Waals surface area contributed by atoms with Gasteiger partial charge in [-0.05, 0) is 85.2 Å². The summed E-state index contributed by atoms with van der Waals surface area (Å²) in [7, 11) is -18.9. The van der Waals surface area contributed by atoms with Crippen molar-refractivity contribution in [1.29, 1.82) is 0 Å². The molecule has 0 amide bonds. The fraction of sp³-hybridized carbons (Fsp3) is 0.409. The zero-order valence-corrected chi connectivity index (χ0v) is 41.4. The first-order chi connectivity index (χ1) is 32.3. The lowest BCUT2D eigenvalue weighted by Crippen LogP contribution is -2.34. The van der Waals surface area contributed by atoms with Crippen LogP contribution in [0.3, 0.4) is 0 Å². The highest BCUT2D eigenvalue weighted by atomic mass is 32.2. The van der Waals surface area contributed by atoms with Gasteiger partial charge in [-0.2, -0.15) is 8.78 Å². The molecule has 5 rings (SSSR count). The summed E-state index contributed by atoms with van der Waals surface area (Å²) in [5.74, 6) is -14.4. The monoisotopic (exact) mass is 1060 g/mol. The van der Waals surface area contributed by atoms with Crippen molar-refractivity contribution in [2.75, 3.05) is 49.8 Å². The van der Waals surface area contributed by atoms with Gasteiger partial charge >= 0.3 is 5.97 Å². The van der Waals surface area contributed by atoms with Crippen molar-refractivity contribution in [3.63, 3.8) is 0 Å². The van der Waals surface area contributed by atoms with Crippen LogP contribution in [-0.2, 0) is 60.8 Å². The predicted molar refractivity (Wildman–Crippen MR) is 239 cm³/mol. The molecule has 1 unspecified atom stereocenters. The number of allylic oxidation sites excluding steroid dienone is 3. The normalized spacial score (nSPS) is 16.9. The van der Waals surface area contributed by atoms with E-state index in [1.807, 2.05) is 37.5 Å². The summed E-state index contributed by atoms with van der Waals surface area (Å²) >= 11 is 0. The number of ether oxygens (including phenoxy) is 2. The van der Waals surface area contributed by atoms with Gasteiger partial charge in [0, 0.05) is 66.4 Å². The minimum atomic E-state index is -6.07. The first kappa shape index (κ1) is 55.9. The van der Waals surface area contributed by atoms with Crippen LogP contribution in [0.1, 0.15) is 76.7 Å². The number of carbonyl (C=O) groups excluding carboxylic acids is 1. The Morgan fingerprint density at radius 1 is 0.814 bits per heavy atom. The number of halogens is 4. The van der Waals surface area contributed by atoms with Crippen molar-refractivity contribution in [3.05, 3.63) is 106 Å². The minimum Gasteiger partial charge on any atom is -0.748 e. The molecule has 1 aliphatic carbocycles. The van der Waals surface area contributed by atoms with Crippen molar-refractivity contribution >= 4 is 58.2 Å². The minimum absolute atomic E-state index is 0.0387. The zero-order valence-electron chi connectivity index (χ0n) is 38.1. The number of benzene rings is 3. The SMILES string of the molecule is COCC[N+](CCCS(=O)(=O)[O-])=c1ccc2c(C(C)(C)C)cc(/C=C/C=C3/N(CCCS(=O)(=O)[O-])c4ccc(S(=O)(=O)[O-])cc4C3(C)CCCC(=O)Oc3c(F)c(F)c(S(=O)(=O)[O-])c(F)c3F)oc-2c1. The average Bonchev–Trinajstić information content (AvgIpc) is 3.46. The second kappa shape index (κ2) is 21.3. The molecule has 18 nitrogen and oxygen atoms in total. The van der Waals surface area contributed by atoms with E-state index in [1.54, 1.807) is 36.1 Å². The van der Waals surface area contributed by atoms with Gasteiger partial charge in [0.2, 0.25) is 22.7 Å². The van der Waals surface area contributed by atoms with E-state index in [1.165, 1.54) is 19.3 Å². The molecule has 2 aromatic carbocycles. The van der Waals surface area contributed by atoms with Crippen LogP contribution in [0.4, 0.5) is 23.2 Å². The quantitative estimate of drug-likeness (QED) is 0.0287. The highest BCUT2D eigenvalue weighted by molar-refractivity contribution is 7.86. The molecule has 2 heterocycles. The Morgan fingerprint density at radius 3 is 2.01 bits per heavy atom. The largest absolute Gasteiger partial charge is 0.748 e. The van der Waals surface area contributed by atoms with Gasteiger partial charge in [-0.15, -0.1) is 0 Å². The standard InChI is InChI=1S/C44H50F4N2O16S4/c1-43(2,3)31-25-28(65-34-24-27(13-15-30(31)34)49(20-21-64-5)18-8-22-67(52,53)54)10-6-11-35-44(4,32-26-29(69(58,59)60)14-16-33(32)50(35)19-9-23-68(55,56)57)17-7-12-36(51)66-41-37(45)39(47)42(70(61,62)63)40(48)38(41)46/h6,10-11,13-16,24-26H,7-9,12,17-23H2,1-5H3,(H3-,52,53,54,55,56,57,58,59,60,61,62,63)/p-3. The van der Waals surface area contributed by atoms with Gasteiger partial charge in [0.1, 0.15) is 49.8 Å². The lowest BCUT2D eigenvalue weighted by molar-refractivity contribution is -0.135. The molecule has 3 aliphatic rings. The number of hydrogen-bond donors (Lipinski definition) is 0. The van der Waals surface area contributed by atoms with Crippen LogP contribution >= 0.6 is 0 Å². The van der Waals surface area contributed by atoms with Crippen molar-refractivity contribution in [2.24, 2.45) is 0 Å². The topological polar surface area (TPSA) is 284 Å². The summed E-state index contributed by atoms with van der Waals surface area (Å²) in [5.41, 5.74) is 0.395. The van der Waals surface area contributed by atoms with Crippen LogP contribution < -0.4 is 19.6 Å². The van der Waals surface area contributed by atoms with E-state index in [2.05, 4.69) is 4.74 Å². The highest BCUT2D eigenvalue weighted by Gasteiger charge is 2.43. The smallest absolute Gasteiger partial charge is 0.311 e. The van der Waals surface area contributed by atoms with E-state index < -0.39 is 114 Å². The third kappa shape index (κ3) is 13.5.